The predicted molar refractivity (Wildman–Crippen MR) is 118 cm³/mol. The van der Waals surface area contributed by atoms with Crippen molar-refractivity contribution in [2.75, 3.05) is 18.0 Å². The van der Waals surface area contributed by atoms with Crippen LogP contribution in [0.1, 0.15) is 41.2 Å². The molecule has 10 heteroatoms. The first-order chi connectivity index (χ1) is 16.2. The van der Waals surface area contributed by atoms with E-state index in [0.717, 1.165) is 30.5 Å². The average molecular weight is 473 g/mol. The Kier molecular flexibility index (Phi) is 5.38. The number of pyridine rings is 1. The monoisotopic (exact) mass is 473 g/mol. The van der Waals surface area contributed by atoms with Crippen LogP contribution < -0.4 is 10.3 Å². The SMILES string of the molecule is O=C(O)c1cn(C2CC2)c2c(F)c(N3CCC(/N=C/c4cc(F)cc(F)c4)C3)c(F)cc2c1=O. The predicted octanol–water partition coefficient (Wildman–Crippen LogP) is 4.29. The van der Waals surface area contributed by atoms with Crippen molar-refractivity contribution in [2.45, 2.75) is 31.3 Å². The Hall–Kier alpha value is -3.69. The molecular formula is C24H19F4N3O3. The van der Waals surface area contributed by atoms with Crippen LogP contribution in [-0.2, 0) is 0 Å². The lowest BCUT2D eigenvalue weighted by Gasteiger charge is -2.22. The Morgan fingerprint density at radius 1 is 1.06 bits per heavy atom. The summed E-state index contributed by atoms with van der Waals surface area (Å²) in [5.74, 6) is -4.81. The number of carboxylic acid groups (broad SMARTS) is 1. The topological polar surface area (TPSA) is 74.9 Å². The van der Waals surface area contributed by atoms with Crippen molar-refractivity contribution in [1.82, 2.24) is 4.57 Å². The van der Waals surface area contributed by atoms with Gasteiger partial charge in [0.2, 0.25) is 5.43 Å². The van der Waals surface area contributed by atoms with Crippen LogP contribution in [-0.4, -0.2) is 41.0 Å². The number of aromatic nitrogens is 1. The number of hydrogen-bond donors (Lipinski definition) is 1. The third kappa shape index (κ3) is 3.93. The molecule has 1 aliphatic heterocycles. The fraction of sp³-hybridized carbons (Fsp3) is 0.292. The quantitative estimate of drug-likeness (QED) is 0.443. The number of rotatable bonds is 5. The van der Waals surface area contributed by atoms with Gasteiger partial charge in [0.05, 0.1) is 16.9 Å². The van der Waals surface area contributed by atoms with Gasteiger partial charge in [-0.15, -0.1) is 0 Å². The van der Waals surface area contributed by atoms with Crippen molar-refractivity contribution < 1.29 is 27.5 Å². The normalized spacial score (nSPS) is 18.4. The van der Waals surface area contributed by atoms with Crippen molar-refractivity contribution in [3.8, 4) is 0 Å². The van der Waals surface area contributed by atoms with Crippen LogP contribution in [0.15, 0.2) is 40.2 Å². The van der Waals surface area contributed by atoms with E-state index in [1.807, 2.05) is 0 Å². The minimum atomic E-state index is -1.45. The minimum absolute atomic E-state index is 0.115. The summed E-state index contributed by atoms with van der Waals surface area (Å²) in [6.45, 7) is 0.439. The molecule has 34 heavy (non-hydrogen) atoms. The number of carboxylic acids is 1. The van der Waals surface area contributed by atoms with E-state index >= 15 is 8.78 Å². The molecule has 2 heterocycles. The summed E-state index contributed by atoms with van der Waals surface area (Å²) < 4.78 is 58.9. The molecule has 1 aliphatic carbocycles. The van der Waals surface area contributed by atoms with Gasteiger partial charge in [-0.05, 0) is 43.0 Å². The molecule has 2 aromatic carbocycles. The minimum Gasteiger partial charge on any atom is -0.477 e. The van der Waals surface area contributed by atoms with Crippen LogP contribution in [0.2, 0.25) is 0 Å². The fourth-order valence-corrected chi connectivity index (χ4v) is 4.42. The molecule has 0 bridgehead atoms. The number of fused-ring (bicyclic) bond motifs is 1. The van der Waals surface area contributed by atoms with Gasteiger partial charge >= 0.3 is 5.97 Å². The first-order valence-corrected chi connectivity index (χ1v) is 10.8. The van der Waals surface area contributed by atoms with E-state index < -0.39 is 40.2 Å². The Morgan fingerprint density at radius 2 is 1.76 bits per heavy atom. The highest BCUT2D eigenvalue weighted by Gasteiger charge is 2.32. The number of hydrogen-bond acceptors (Lipinski definition) is 4. The molecular weight excluding hydrogens is 454 g/mol. The number of halogens is 4. The zero-order valence-electron chi connectivity index (χ0n) is 17.8. The van der Waals surface area contributed by atoms with Crippen LogP contribution in [0.25, 0.3) is 10.9 Å². The molecule has 1 saturated carbocycles. The molecule has 1 unspecified atom stereocenters. The van der Waals surface area contributed by atoms with E-state index in [4.69, 9.17) is 0 Å². The van der Waals surface area contributed by atoms with E-state index in [1.54, 1.807) is 0 Å². The number of aromatic carboxylic acids is 1. The third-order valence-electron chi connectivity index (χ3n) is 6.15. The molecule has 2 fully saturated rings. The number of benzene rings is 2. The smallest absolute Gasteiger partial charge is 0.341 e. The molecule has 3 aromatic rings. The Morgan fingerprint density at radius 3 is 2.41 bits per heavy atom. The maximum absolute atomic E-state index is 15.7. The first kappa shape index (κ1) is 22.1. The van der Waals surface area contributed by atoms with Crippen LogP contribution in [0.5, 0.6) is 0 Å². The first-order valence-electron chi connectivity index (χ1n) is 10.8. The summed E-state index contributed by atoms with van der Waals surface area (Å²) in [6.07, 6.45) is 4.31. The van der Waals surface area contributed by atoms with Gasteiger partial charge in [-0.25, -0.2) is 22.4 Å². The highest BCUT2D eigenvalue weighted by Crippen LogP contribution is 2.40. The van der Waals surface area contributed by atoms with Gasteiger partial charge in [0, 0.05) is 37.6 Å². The summed E-state index contributed by atoms with van der Waals surface area (Å²) in [6, 6.07) is 3.39. The molecule has 176 valence electrons. The van der Waals surface area contributed by atoms with Crippen LogP contribution in [0.4, 0.5) is 23.2 Å². The summed E-state index contributed by atoms with van der Waals surface area (Å²) in [5, 5.41) is 9.03. The van der Waals surface area contributed by atoms with Crippen molar-refractivity contribution in [1.29, 1.82) is 0 Å². The summed E-state index contributed by atoms with van der Waals surface area (Å²) in [4.78, 5) is 29.9. The van der Waals surface area contributed by atoms with Crippen LogP contribution in [0.3, 0.4) is 0 Å². The van der Waals surface area contributed by atoms with Gasteiger partial charge < -0.3 is 14.6 Å². The summed E-state index contributed by atoms with van der Waals surface area (Å²) >= 11 is 0. The molecule has 2 aliphatic rings. The Bertz CT molecular complexity index is 1390. The zero-order valence-corrected chi connectivity index (χ0v) is 17.8. The highest BCUT2D eigenvalue weighted by atomic mass is 19.1. The molecule has 0 amide bonds. The lowest BCUT2D eigenvalue weighted by atomic mass is 10.1. The Labute approximate surface area is 190 Å². The van der Waals surface area contributed by atoms with E-state index in [9.17, 15) is 23.5 Å². The molecule has 1 N–H and O–H groups in total. The number of anilines is 1. The number of aliphatic imine (C=N–C) groups is 1. The van der Waals surface area contributed by atoms with Gasteiger partial charge in [0.15, 0.2) is 5.82 Å². The summed E-state index contributed by atoms with van der Waals surface area (Å²) in [5.41, 5.74) is -1.65. The summed E-state index contributed by atoms with van der Waals surface area (Å²) in [7, 11) is 0. The second-order valence-corrected chi connectivity index (χ2v) is 8.60. The Balaban J connectivity index is 1.50. The lowest BCUT2D eigenvalue weighted by Crippen LogP contribution is -2.25. The number of nitrogens with zero attached hydrogens (tertiary/aromatic N) is 3. The van der Waals surface area contributed by atoms with Crippen molar-refractivity contribution in [3.63, 3.8) is 0 Å². The second-order valence-electron chi connectivity index (χ2n) is 8.60. The maximum Gasteiger partial charge on any atom is 0.341 e. The van der Waals surface area contributed by atoms with Crippen molar-refractivity contribution in [3.05, 3.63) is 75.1 Å². The third-order valence-corrected chi connectivity index (χ3v) is 6.15. The van der Waals surface area contributed by atoms with E-state index in [2.05, 4.69) is 4.99 Å². The molecule has 1 aromatic heterocycles. The molecule has 0 radical (unpaired) electrons. The van der Waals surface area contributed by atoms with Gasteiger partial charge in [0.25, 0.3) is 0 Å². The van der Waals surface area contributed by atoms with E-state index in [1.165, 1.54) is 15.7 Å². The van der Waals surface area contributed by atoms with Crippen LogP contribution in [0, 0.1) is 23.3 Å². The fourth-order valence-electron chi connectivity index (χ4n) is 4.42. The molecule has 5 rings (SSSR count). The van der Waals surface area contributed by atoms with Gasteiger partial charge in [-0.1, -0.05) is 0 Å². The lowest BCUT2D eigenvalue weighted by molar-refractivity contribution is 0.0694. The van der Waals surface area contributed by atoms with Crippen LogP contribution >= 0.6 is 0 Å². The maximum atomic E-state index is 15.7. The van der Waals surface area contributed by atoms with Gasteiger partial charge in [-0.3, -0.25) is 9.79 Å². The molecule has 1 saturated heterocycles. The standard InChI is InChI=1S/C24H19F4N3O3/c25-13-5-12(6-14(26)7-13)9-29-15-3-4-30(10-15)22-19(27)8-17-21(20(22)28)31(16-1-2-16)11-18(23(17)32)24(33)34/h5-9,11,15-16H,1-4,10H2,(H,33,34)/b29-9+. The molecule has 1 atom stereocenters. The zero-order chi connectivity index (χ0) is 24.1. The van der Waals surface area contributed by atoms with Crippen molar-refractivity contribution in [2.24, 2.45) is 4.99 Å². The van der Waals surface area contributed by atoms with Gasteiger partial charge in [-0.2, -0.15) is 0 Å². The average Bonchev–Trinajstić information content (AvgIpc) is 3.50. The van der Waals surface area contributed by atoms with Crippen molar-refractivity contribution >= 4 is 28.8 Å². The molecule has 6 nitrogen and oxygen atoms in total. The highest BCUT2D eigenvalue weighted by molar-refractivity contribution is 5.94. The van der Waals surface area contributed by atoms with E-state index in [0.29, 0.717) is 19.3 Å². The number of carbonyl (C=O) groups is 1. The van der Waals surface area contributed by atoms with Gasteiger partial charge in [0.1, 0.15) is 28.7 Å². The van der Waals surface area contributed by atoms with E-state index in [-0.39, 0.29) is 47.3 Å². The molecule has 0 spiro atoms. The largest absolute Gasteiger partial charge is 0.477 e. The second kappa shape index (κ2) is 8.27.